The fraction of sp³-hybridized carbons (Fsp3) is 0.355. The van der Waals surface area contributed by atoms with Gasteiger partial charge in [-0.05, 0) is 82.1 Å². The molecule has 0 aromatic heterocycles. The maximum atomic E-state index is 14.2. The quantitative estimate of drug-likeness (QED) is 0.270. The number of hydrogen-bond donors (Lipinski definition) is 1. The Balaban J connectivity index is 2.14. The maximum absolute atomic E-state index is 14.2. The third-order valence-corrected chi connectivity index (χ3v) is 8.71. The van der Waals surface area contributed by atoms with E-state index < -0.39 is 34.1 Å². The molecule has 0 heterocycles. The smallest absolute Gasteiger partial charge is 0.264 e. The molecule has 0 spiro atoms. The van der Waals surface area contributed by atoms with Crippen LogP contribution in [0.4, 0.5) is 5.69 Å². The zero-order chi connectivity index (χ0) is 31.2. The zero-order valence-electron chi connectivity index (χ0n) is 24.6. The van der Waals surface area contributed by atoms with E-state index in [2.05, 4.69) is 5.32 Å². The molecule has 2 amide bonds. The van der Waals surface area contributed by atoms with Crippen LogP contribution in [0.3, 0.4) is 0 Å². The third kappa shape index (κ3) is 8.40. The van der Waals surface area contributed by atoms with E-state index in [-0.39, 0.29) is 33.8 Å². The predicted molar refractivity (Wildman–Crippen MR) is 168 cm³/mol. The van der Waals surface area contributed by atoms with Crippen molar-refractivity contribution in [2.45, 2.75) is 64.1 Å². The minimum atomic E-state index is -4.28. The van der Waals surface area contributed by atoms with Crippen LogP contribution in [-0.4, -0.2) is 50.4 Å². The lowest BCUT2D eigenvalue weighted by molar-refractivity contribution is -0.141. The Bertz CT molecular complexity index is 1510. The lowest BCUT2D eigenvalue weighted by Gasteiger charge is -2.35. The number of sulfonamides is 1. The fourth-order valence-electron chi connectivity index (χ4n) is 4.37. The fourth-order valence-corrected chi connectivity index (χ4v) is 6.08. The molecule has 226 valence electrons. The molecule has 0 unspecified atom stereocenters. The third-order valence-electron chi connectivity index (χ3n) is 6.45. The summed E-state index contributed by atoms with van der Waals surface area (Å²) >= 11 is 12.4. The first-order chi connectivity index (χ1) is 19.7. The number of anilines is 1. The van der Waals surface area contributed by atoms with E-state index in [4.69, 9.17) is 27.9 Å². The van der Waals surface area contributed by atoms with Gasteiger partial charge in [-0.15, -0.1) is 0 Å². The molecule has 0 aliphatic carbocycles. The largest absolute Gasteiger partial charge is 0.495 e. The Morgan fingerprint density at radius 2 is 1.55 bits per heavy atom. The van der Waals surface area contributed by atoms with Crippen LogP contribution >= 0.6 is 23.2 Å². The topological polar surface area (TPSA) is 96.0 Å². The van der Waals surface area contributed by atoms with E-state index in [1.807, 2.05) is 27.7 Å². The van der Waals surface area contributed by atoms with Crippen molar-refractivity contribution in [3.63, 3.8) is 0 Å². The first kappa shape index (κ1) is 33.2. The van der Waals surface area contributed by atoms with E-state index in [1.165, 1.54) is 36.3 Å². The van der Waals surface area contributed by atoms with Crippen LogP contribution in [0.5, 0.6) is 5.75 Å². The van der Waals surface area contributed by atoms with Crippen LogP contribution < -0.4 is 14.4 Å². The van der Waals surface area contributed by atoms with Crippen molar-refractivity contribution < 1.29 is 22.7 Å². The van der Waals surface area contributed by atoms with Crippen molar-refractivity contribution in [2.24, 2.45) is 0 Å². The number of nitrogens with zero attached hydrogens (tertiary/aromatic N) is 2. The molecule has 0 aliphatic heterocycles. The van der Waals surface area contributed by atoms with Gasteiger partial charge in [-0.1, -0.05) is 60.0 Å². The first-order valence-corrected chi connectivity index (χ1v) is 15.6. The highest BCUT2D eigenvalue weighted by atomic mass is 35.5. The molecule has 0 aliphatic rings. The van der Waals surface area contributed by atoms with E-state index in [9.17, 15) is 18.0 Å². The van der Waals surface area contributed by atoms with Gasteiger partial charge in [0.05, 0.1) is 17.7 Å². The summed E-state index contributed by atoms with van der Waals surface area (Å²) < 4.78 is 34.7. The molecule has 0 fully saturated rings. The molecule has 0 bridgehead atoms. The minimum absolute atomic E-state index is 0.00954. The van der Waals surface area contributed by atoms with Crippen molar-refractivity contribution >= 4 is 50.7 Å². The number of nitrogens with one attached hydrogen (secondary N) is 1. The lowest BCUT2D eigenvalue weighted by Crippen LogP contribution is -2.55. The molecule has 0 radical (unpaired) electrons. The lowest BCUT2D eigenvalue weighted by atomic mass is 10.1. The van der Waals surface area contributed by atoms with E-state index in [1.54, 1.807) is 49.4 Å². The minimum Gasteiger partial charge on any atom is -0.495 e. The molecule has 1 N–H and O–H groups in total. The van der Waals surface area contributed by atoms with Gasteiger partial charge in [-0.3, -0.25) is 13.9 Å². The van der Waals surface area contributed by atoms with Crippen LogP contribution in [0.2, 0.25) is 10.0 Å². The second-order valence-corrected chi connectivity index (χ2v) is 13.7. The van der Waals surface area contributed by atoms with Crippen LogP contribution in [0.25, 0.3) is 0 Å². The molecule has 3 rings (SSSR count). The SMILES string of the molecule is CC[C@@H](C(=O)NC(C)(C)C)N(Cc1ccc(Cl)cc1)C(=O)CN(c1cc(Cl)ccc1OC)S(=O)(=O)c1ccc(C)cc1. The maximum Gasteiger partial charge on any atom is 0.264 e. The molecule has 0 saturated heterocycles. The molecular formula is C31H37Cl2N3O5S. The Kier molecular flexibility index (Phi) is 10.9. The number of ether oxygens (including phenoxy) is 1. The van der Waals surface area contributed by atoms with Gasteiger partial charge in [-0.25, -0.2) is 8.42 Å². The second kappa shape index (κ2) is 13.8. The summed E-state index contributed by atoms with van der Waals surface area (Å²) in [5.41, 5.74) is 1.15. The number of carbonyl (C=O) groups excluding carboxylic acids is 2. The normalized spacial score (nSPS) is 12.4. The second-order valence-electron chi connectivity index (χ2n) is 11.0. The Labute approximate surface area is 258 Å². The van der Waals surface area contributed by atoms with Crippen LogP contribution in [0.15, 0.2) is 71.6 Å². The highest BCUT2D eigenvalue weighted by Gasteiger charge is 2.35. The van der Waals surface area contributed by atoms with Gasteiger partial charge in [0.1, 0.15) is 18.3 Å². The van der Waals surface area contributed by atoms with Gasteiger partial charge < -0.3 is 15.0 Å². The number of hydrogen-bond acceptors (Lipinski definition) is 5. The first-order valence-electron chi connectivity index (χ1n) is 13.4. The van der Waals surface area contributed by atoms with E-state index >= 15 is 0 Å². The summed E-state index contributed by atoms with van der Waals surface area (Å²) in [6.07, 6.45) is 0.298. The summed E-state index contributed by atoms with van der Waals surface area (Å²) in [5.74, 6) is -0.719. The summed E-state index contributed by atoms with van der Waals surface area (Å²) in [5, 5.41) is 3.74. The zero-order valence-corrected chi connectivity index (χ0v) is 27.0. The van der Waals surface area contributed by atoms with Crippen molar-refractivity contribution in [3.05, 3.63) is 87.9 Å². The molecule has 42 heavy (non-hydrogen) atoms. The van der Waals surface area contributed by atoms with Gasteiger partial charge >= 0.3 is 0 Å². The number of rotatable bonds is 11. The number of benzene rings is 3. The Hall–Kier alpha value is -3.27. The monoisotopic (exact) mass is 633 g/mol. The van der Waals surface area contributed by atoms with Crippen molar-refractivity contribution in [1.29, 1.82) is 0 Å². The van der Waals surface area contributed by atoms with Crippen molar-refractivity contribution in [1.82, 2.24) is 10.2 Å². The van der Waals surface area contributed by atoms with Gasteiger partial charge in [0, 0.05) is 22.1 Å². The number of halogens is 2. The molecular weight excluding hydrogens is 597 g/mol. The molecule has 11 heteroatoms. The molecule has 3 aromatic rings. The van der Waals surface area contributed by atoms with Crippen LogP contribution in [-0.2, 0) is 26.2 Å². The number of amides is 2. The van der Waals surface area contributed by atoms with Gasteiger partial charge in [0.25, 0.3) is 10.0 Å². The average Bonchev–Trinajstić information content (AvgIpc) is 2.91. The highest BCUT2D eigenvalue weighted by molar-refractivity contribution is 7.92. The number of aryl methyl sites for hydroxylation is 1. The van der Waals surface area contributed by atoms with E-state index in [0.717, 1.165) is 15.4 Å². The van der Waals surface area contributed by atoms with Crippen LogP contribution in [0.1, 0.15) is 45.2 Å². The summed E-state index contributed by atoms with van der Waals surface area (Å²) in [4.78, 5) is 29.1. The molecule has 0 saturated carbocycles. The van der Waals surface area contributed by atoms with Crippen molar-refractivity contribution in [2.75, 3.05) is 18.0 Å². The highest BCUT2D eigenvalue weighted by Crippen LogP contribution is 2.35. The van der Waals surface area contributed by atoms with Gasteiger partial charge in [0.2, 0.25) is 11.8 Å². The Morgan fingerprint density at radius 1 is 0.952 bits per heavy atom. The number of carbonyl (C=O) groups is 2. The van der Waals surface area contributed by atoms with Crippen molar-refractivity contribution in [3.8, 4) is 5.75 Å². The molecule has 8 nitrogen and oxygen atoms in total. The van der Waals surface area contributed by atoms with Gasteiger partial charge in [-0.2, -0.15) is 0 Å². The van der Waals surface area contributed by atoms with E-state index in [0.29, 0.717) is 11.4 Å². The average molecular weight is 635 g/mol. The van der Waals surface area contributed by atoms with Crippen LogP contribution in [0, 0.1) is 6.92 Å². The van der Waals surface area contributed by atoms with Gasteiger partial charge in [0.15, 0.2) is 0 Å². The predicted octanol–water partition coefficient (Wildman–Crippen LogP) is 6.23. The number of methoxy groups -OCH3 is 1. The molecule has 1 atom stereocenters. The molecule has 3 aromatic carbocycles. The standard InChI is InChI=1S/C31H37Cl2N3O5S/c1-7-26(30(38)34-31(3,4)5)35(19-22-10-12-23(32)13-11-22)29(37)20-36(27-18-24(33)14-17-28(27)41-6)42(39,40)25-15-8-21(2)9-16-25/h8-18,26H,7,19-20H2,1-6H3,(H,34,38)/t26-/m0/s1. The Morgan fingerprint density at radius 3 is 2.10 bits per heavy atom. The summed E-state index contributed by atoms with van der Waals surface area (Å²) in [7, 11) is -2.87. The summed E-state index contributed by atoms with van der Waals surface area (Å²) in [6.45, 7) is 8.64. The summed E-state index contributed by atoms with van der Waals surface area (Å²) in [6, 6.07) is 16.9.